The summed E-state index contributed by atoms with van der Waals surface area (Å²) in [6.07, 6.45) is 0. The molecule has 0 saturated carbocycles. The first-order valence-electron chi connectivity index (χ1n) is 7.21. The predicted octanol–water partition coefficient (Wildman–Crippen LogP) is 1.72. The summed E-state index contributed by atoms with van der Waals surface area (Å²) in [5.41, 5.74) is 2.24. The van der Waals surface area contributed by atoms with Crippen molar-refractivity contribution < 1.29 is 9.53 Å². The number of nitrogens with one attached hydrogen (secondary N) is 1. The smallest absolute Gasteiger partial charge is 0.248 e. The second-order valence-corrected chi connectivity index (χ2v) is 5.68. The first-order valence-corrected chi connectivity index (χ1v) is 7.21. The second-order valence-electron chi connectivity index (χ2n) is 5.68. The fourth-order valence-electron chi connectivity index (χ4n) is 2.28. The van der Waals surface area contributed by atoms with Crippen LogP contribution in [0.5, 0.6) is 0 Å². The van der Waals surface area contributed by atoms with Crippen LogP contribution < -0.4 is 5.32 Å². The fourth-order valence-corrected chi connectivity index (χ4v) is 2.28. The Morgan fingerprint density at radius 3 is 2.65 bits per heavy atom. The zero-order valence-electron chi connectivity index (χ0n) is 12.6. The lowest BCUT2D eigenvalue weighted by atomic mass is 10.0. The third kappa shape index (κ3) is 3.58. The molecule has 4 heteroatoms. The van der Waals surface area contributed by atoms with E-state index in [-0.39, 0.29) is 18.1 Å². The molecule has 1 amide bonds. The molecule has 1 fully saturated rings. The van der Waals surface area contributed by atoms with Gasteiger partial charge in [0.05, 0.1) is 5.60 Å². The molecule has 1 heterocycles. The summed E-state index contributed by atoms with van der Waals surface area (Å²) < 4.78 is 5.72. The Kier molecular flexibility index (Phi) is 4.78. The maximum Gasteiger partial charge on any atom is 0.248 e. The molecule has 2 rings (SSSR count). The van der Waals surface area contributed by atoms with Crippen molar-refractivity contribution >= 4 is 5.91 Å². The Balaban J connectivity index is 1.90. The van der Waals surface area contributed by atoms with Crippen LogP contribution in [0.3, 0.4) is 0 Å². The van der Waals surface area contributed by atoms with Gasteiger partial charge in [0.2, 0.25) is 5.91 Å². The van der Waals surface area contributed by atoms with Gasteiger partial charge in [-0.25, -0.2) is 0 Å². The molecule has 20 heavy (non-hydrogen) atoms. The quantitative estimate of drug-likeness (QED) is 0.860. The van der Waals surface area contributed by atoms with Gasteiger partial charge in [0.15, 0.2) is 0 Å². The Morgan fingerprint density at radius 2 is 2.10 bits per heavy atom. The van der Waals surface area contributed by atoms with Crippen LogP contribution in [0.4, 0.5) is 0 Å². The van der Waals surface area contributed by atoms with Crippen molar-refractivity contribution in [1.29, 1.82) is 0 Å². The number of hydrogen-bond acceptors (Lipinski definition) is 3. The lowest BCUT2D eigenvalue weighted by Crippen LogP contribution is -2.59. The lowest BCUT2D eigenvalue weighted by molar-refractivity contribution is -0.146. The molecular formula is C16H24N2O2. The van der Waals surface area contributed by atoms with Crippen LogP contribution >= 0.6 is 0 Å². The number of amides is 1. The molecule has 0 spiro atoms. The number of likely N-dealkylation sites (N-methyl/N-ethyl adjacent to an activating group) is 1. The Morgan fingerprint density at radius 1 is 1.40 bits per heavy atom. The fraction of sp³-hybridized carbons (Fsp3) is 0.562. The van der Waals surface area contributed by atoms with Crippen molar-refractivity contribution in [2.75, 3.05) is 26.2 Å². The minimum atomic E-state index is -0.169. The van der Waals surface area contributed by atoms with E-state index in [0.29, 0.717) is 13.1 Å². The highest BCUT2D eigenvalue weighted by atomic mass is 16.5. The van der Waals surface area contributed by atoms with Gasteiger partial charge < -0.3 is 15.0 Å². The highest BCUT2D eigenvalue weighted by Crippen LogP contribution is 2.16. The van der Waals surface area contributed by atoms with Crippen molar-refractivity contribution in [3.05, 3.63) is 35.4 Å². The van der Waals surface area contributed by atoms with Gasteiger partial charge >= 0.3 is 0 Å². The van der Waals surface area contributed by atoms with Gasteiger partial charge in [-0.3, -0.25) is 4.79 Å². The Labute approximate surface area is 121 Å². The van der Waals surface area contributed by atoms with Gasteiger partial charge in [-0.1, -0.05) is 24.3 Å². The van der Waals surface area contributed by atoms with E-state index in [4.69, 9.17) is 4.74 Å². The van der Waals surface area contributed by atoms with Crippen LogP contribution in [0.25, 0.3) is 0 Å². The van der Waals surface area contributed by atoms with Crippen molar-refractivity contribution in [1.82, 2.24) is 10.2 Å². The van der Waals surface area contributed by atoms with E-state index < -0.39 is 0 Å². The third-order valence-corrected chi connectivity index (χ3v) is 3.90. The van der Waals surface area contributed by atoms with Gasteiger partial charge in [0, 0.05) is 26.2 Å². The molecule has 110 valence electrons. The molecule has 1 aromatic carbocycles. The maximum atomic E-state index is 12.3. The van der Waals surface area contributed by atoms with E-state index in [0.717, 1.165) is 13.1 Å². The normalized spacial score (nSPS) is 16.6. The topological polar surface area (TPSA) is 41.6 Å². The second kappa shape index (κ2) is 6.37. The van der Waals surface area contributed by atoms with Crippen molar-refractivity contribution in [2.24, 2.45) is 0 Å². The summed E-state index contributed by atoms with van der Waals surface area (Å²) >= 11 is 0. The number of carbonyl (C=O) groups is 1. The summed E-state index contributed by atoms with van der Waals surface area (Å²) in [6.45, 7) is 9.28. The van der Waals surface area contributed by atoms with E-state index >= 15 is 0 Å². The van der Waals surface area contributed by atoms with Crippen LogP contribution in [0.15, 0.2) is 24.3 Å². The van der Waals surface area contributed by atoms with E-state index in [9.17, 15) is 4.79 Å². The highest BCUT2D eigenvalue weighted by Gasteiger charge is 2.33. The van der Waals surface area contributed by atoms with Crippen LogP contribution in [0.1, 0.15) is 25.0 Å². The summed E-state index contributed by atoms with van der Waals surface area (Å²) in [5.74, 6) is 0.0591. The molecule has 1 aliphatic rings. The summed E-state index contributed by atoms with van der Waals surface area (Å²) in [5, 5.41) is 3.17. The molecule has 1 aliphatic heterocycles. The zero-order chi connectivity index (χ0) is 14.6. The van der Waals surface area contributed by atoms with Gasteiger partial charge in [0.1, 0.15) is 6.61 Å². The largest absolute Gasteiger partial charge is 0.363 e. The van der Waals surface area contributed by atoms with Gasteiger partial charge in [0.25, 0.3) is 0 Å². The van der Waals surface area contributed by atoms with Gasteiger partial charge in [-0.2, -0.15) is 0 Å². The van der Waals surface area contributed by atoms with Crippen molar-refractivity contribution in [3.63, 3.8) is 0 Å². The summed E-state index contributed by atoms with van der Waals surface area (Å²) in [4.78, 5) is 14.1. The molecule has 1 N–H and O–H groups in total. The number of benzene rings is 1. The minimum absolute atomic E-state index is 0.0591. The Bertz CT molecular complexity index is 469. The number of aryl methyl sites for hydroxylation is 1. The van der Waals surface area contributed by atoms with E-state index in [2.05, 4.69) is 24.4 Å². The molecule has 0 unspecified atom stereocenters. The SMILES string of the molecule is CCN(Cc1ccccc1C)C(=O)COC1(C)CNC1. The molecule has 1 aromatic rings. The van der Waals surface area contributed by atoms with Crippen LogP contribution in [0.2, 0.25) is 0 Å². The molecule has 0 radical (unpaired) electrons. The summed E-state index contributed by atoms with van der Waals surface area (Å²) in [6, 6.07) is 8.18. The van der Waals surface area contributed by atoms with Crippen molar-refractivity contribution in [2.45, 2.75) is 32.9 Å². The first kappa shape index (κ1) is 15.0. The molecule has 0 atom stereocenters. The van der Waals surface area contributed by atoms with Crippen LogP contribution in [-0.2, 0) is 16.1 Å². The summed E-state index contributed by atoms with van der Waals surface area (Å²) in [7, 11) is 0. The lowest BCUT2D eigenvalue weighted by Gasteiger charge is -2.39. The van der Waals surface area contributed by atoms with Gasteiger partial charge in [-0.15, -0.1) is 0 Å². The monoisotopic (exact) mass is 276 g/mol. The molecule has 0 aliphatic carbocycles. The predicted molar refractivity (Wildman–Crippen MR) is 79.5 cm³/mol. The van der Waals surface area contributed by atoms with Crippen LogP contribution in [0, 0.1) is 6.92 Å². The van der Waals surface area contributed by atoms with E-state index in [1.165, 1.54) is 11.1 Å². The molecule has 0 aromatic heterocycles. The number of hydrogen-bond donors (Lipinski definition) is 1. The molecule has 1 saturated heterocycles. The number of nitrogens with zero attached hydrogens (tertiary/aromatic N) is 1. The van der Waals surface area contributed by atoms with E-state index in [1.54, 1.807) is 0 Å². The highest BCUT2D eigenvalue weighted by molar-refractivity contribution is 5.77. The molecular weight excluding hydrogens is 252 g/mol. The van der Waals surface area contributed by atoms with Gasteiger partial charge in [-0.05, 0) is 31.9 Å². The average molecular weight is 276 g/mol. The minimum Gasteiger partial charge on any atom is -0.363 e. The Hall–Kier alpha value is -1.39. The third-order valence-electron chi connectivity index (χ3n) is 3.90. The number of carbonyl (C=O) groups excluding carboxylic acids is 1. The standard InChI is InChI=1S/C16H24N2O2/c1-4-18(9-14-8-6-5-7-13(14)2)15(19)10-20-16(3)11-17-12-16/h5-8,17H,4,9-12H2,1-3H3. The zero-order valence-corrected chi connectivity index (χ0v) is 12.6. The maximum absolute atomic E-state index is 12.3. The number of rotatable bonds is 6. The van der Waals surface area contributed by atoms with E-state index in [1.807, 2.05) is 30.9 Å². The number of ether oxygens (including phenoxy) is 1. The first-order chi connectivity index (χ1) is 9.54. The van der Waals surface area contributed by atoms with Crippen LogP contribution in [-0.4, -0.2) is 42.6 Å². The average Bonchev–Trinajstić information content (AvgIpc) is 2.42. The molecule has 4 nitrogen and oxygen atoms in total. The van der Waals surface area contributed by atoms with Crippen molar-refractivity contribution in [3.8, 4) is 0 Å². The molecule has 0 bridgehead atoms.